The number of pyridine rings is 1. The van der Waals surface area contributed by atoms with Crippen molar-refractivity contribution in [2.24, 2.45) is 11.5 Å². The standard InChI is InChI=1S/C33H40N6.C2H6/c1-21(17-22(2)34)31(35)24-6-8-25(9-7-24)32(36)30-19-28(20-38-33(30)37)27-10-5-23-11-13-29(14-12-26(23)18-27)39-15-3-4-16-39;1-2/h5-10,17-20,29,36H,3-4,11-16,34-35H2,1-2H3,(H2,37,38);1-2H3/b22-17-,31-21-,36-32?;. The van der Waals surface area contributed by atoms with Crippen LogP contribution in [0.5, 0.6) is 0 Å². The molecular weight excluding hydrogens is 504 g/mol. The van der Waals surface area contributed by atoms with E-state index >= 15 is 0 Å². The van der Waals surface area contributed by atoms with E-state index in [-0.39, 0.29) is 0 Å². The van der Waals surface area contributed by atoms with Gasteiger partial charge in [-0.2, -0.15) is 0 Å². The summed E-state index contributed by atoms with van der Waals surface area (Å²) in [5.41, 5.74) is 28.3. The van der Waals surface area contributed by atoms with E-state index in [1.54, 1.807) is 0 Å². The van der Waals surface area contributed by atoms with Gasteiger partial charge in [0.2, 0.25) is 0 Å². The Hall–Kier alpha value is -3.90. The number of hydrogen-bond donors (Lipinski definition) is 4. The molecule has 1 atom stereocenters. The van der Waals surface area contributed by atoms with Gasteiger partial charge in [0.15, 0.2) is 0 Å². The highest BCUT2D eigenvalue weighted by Crippen LogP contribution is 2.31. The second kappa shape index (κ2) is 13.6. The molecule has 1 unspecified atom stereocenters. The van der Waals surface area contributed by atoms with Crippen molar-refractivity contribution in [1.29, 1.82) is 5.41 Å². The molecule has 1 aliphatic heterocycles. The second-order valence-electron chi connectivity index (χ2n) is 11.1. The molecule has 0 spiro atoms. The van der Waals surface area contributed by atoms with E-state index < -0.39 is 0 Å². The van der Waals surface area contributed by atoms with Crippen LogP contribution in [-0.4, -0.2) is 34.7 Å². The van der Waals surface area contributed by atoms with Gasteiger partial charge in [-0.3, -0.25) is 5.41 Å². The van der Waals surface area contributed by atoms with Crippen molar-refractivity contribution < 1.29 is 0 Å². The van der Waals surface area contributed by atoms with Crippen LogP contribution in [0.1, 0.15) is 81.2 Å². The predicted octanol–water partition coefficient (Wildman–Crippen LogP) is 6.67. The number of nitrogens with zero attached hydrogens (tertiary/aromatic N) is 2. The summed E-state index contributed by atoms with van der Waals surface area (Å²) < 4.78 is 0. The molecule has 5 rings (SSSR count). The molecule has 0 saturated carbocycles. The summed E-state index contributed by atoms with van der Waals surface area (Å²) in [6.45, 7) is 10.3. The summed E-state index contributed by atoms with van der Waals surface area (Å²) in [7, 11) is 0. The van der Waals surface area contributed by atoms with Gasteiger partial charge in [-0.15, -0.1) is 0 Å². The summed E-state index contributed by atoms with van der Waals surface area (Å²) in [5.74, 6) is 0.356. The molecule has 6 heteroatoms. The van der Waals surface area contributed by atoms with E-state index in [2.05, 4.69) is 28.1 Å². The zero-order valence-corrected chi connectivity index (χ0v) is 25.1. The summed E-state index contributed by atoms with van der Waals surface area (Å²) in [4.78, 5) is 7.18. The van der Waals surface area contributed by atoms with E-state index in [4.69, 9.17) is 22.6 Å². The average molecular weight is 551 g/mol. The van der Waals surface area contributed by atoms with Crippen LogP contribution in [0.25, 0.3) is 16.8 Å². The molecule has 216 valence electrons. The lowest BCUT2D eigenvalue weighted by Gasteiger charge is -2.26. The number of fused-ring (bicyclic) bond motifs is 1. The van der Waals surface area contributed by atoms with E-state index in [1.807, 2.05) is 70.3 Å². The first-order chi connectivity index (χ1) is 19.8. The van der Waals surface area contributed by atoms with Crippen molar-refractivity contribution in [3.05, 3.63) is 99.9 Å². The van der Waals surface area contributed by atoms with Crippen LogP contribution in [0.15, 0.2) is 72.1 Å². The molecule has 1 aromatic heterocycles. The van der Waals surface area contributed by atoms with Crippen molar-refractivity contribution in [2.75, 3.05) is 18.8 Å². The van der Waals surface area contributed by atoms with Crippen molar-refractivity contribution >= 4 is 17.2 Å². The lowest BCUT2D eigenvalue weighted by molar-refractivity contribution is 0.222. The van der Waals surface area contributed by atoms with E-state index in [9.17, 15) is 0 Å². The average Bonchev–Trinajstić information content (AvgIpc) is 3.44. The first-order valence-corrected chi connectivity index (χ1v) is 15.0. The lowest BCUT2D eigenvalue weighted by atomic mass is 9.95. The number of aryl methyl sites for hydroxylation is 2. The maximum absolute atomic E-state index is 8.92. The lowest BCUT2D eigenvalue weighted by Crippen LogP contribution is -2.32. The SMILES string of the molecule is C/C(N)=C/C(C)=C(\N)c1ccc(C(=N)c2cc(-c3ccc4c(c3)CCC(N3CCCC3)CC4)cnc2N)cc1.CC. The number of aromatic nitrogens is 1. The molecule has 0 amide bonds. The van der Waals surface area contributed by atoms with Gasteiger partial charge >= 0.3 is 0 Å². The normalized spacial score (nSPS) is 18.0. The van der Waals surface area contributed by atoms with Crippen LogP contribution in [0.4, 0.5) is 5.82 Å². The Bertz CT molecular complexity index is 1420. The third-order valence-corrected chi connectivity index (χ3v) is 8.23. The van der Waals surface area contributed by atoms with Crippen molar-refractivity contribution in [3.8, 4) is 11.1 Å². The molecule has 6 nitrogen and oxygen atoms in total. The quantitative estimate of drug-likeness (QED) is 0.155. The minimum atomic E-state index is 0.341. The van der Waals surface area contributed by atoms with Gasteiger partial charge in [-0.05, 0) is 105 Å². The predicted molar refractivity (Wildman–Crippen MR) is 174 cm³/mol. The maximum Gasteiger partial charge on any atom is 0.132 e. The van der Waals surface area contributed by atoms with E-state index in [1.165, 1.54) is 49.9 Å². The molecule has 3 aromatic rings. The Kier molecular flexibility index (Phi) is 10.0. The number of rotatable bonds is 6. The Morgan fingerprint density at radius 2 is 1.51 bits per heavy atom. The third-order valence-electron chi connectivity index (χ3n) is 8.23. The van der Waals surface area contributed by atoms with Crippen molar-refractivity contribution in [2.45, 2.75) is 72.3 Å². The zero-order chi connectivity index (χ0) is 29.5. The number of nitrogens with one attached hydrogen (secondary N) is 1. The first kappa shape index (κ1) is 30.1. The molecule has 0 bridgehead atoms. The monoisotopic (exact) mass is 550 g/mol. The van der Waals surface area contributed by atoms with Crippen LogP contribution in [0, 0.1) is 5.41 Å². The summed E-state index contributed by atoms with van der Waals surface area (Å²) >= 11 is 0. The number of likely N-dealkylation sites (tertiary alicyclic amines) is 1. The first-order valence-electron chi connectivity index (χ1n) is 15.0. The highest BCUT2D eigenvalue weighted by atomic mass is 15.2. The second-order valence-corrected chi connectivity index (χ2v) is 11.1. The molecule has 0 radical (unpaired) electrons. The van der Waals surface area contributed by atoms with Crippen LogP contribution < -0.4 is 17.2 Å². The number of anilines is 1. The van der Waals surface area contributed by atoms with Crippen LogP contribution in [-0.2, 0) is 12.8 Å². The molecule has 1 fully saturated rings. The maximum atomic E-state index is 8.92. The van der Waals surface area contributed by atoms with Gasteiger partial charge in [0.25, 0.3) is 0 Å². The Morgan fingerprint density at radius 1 is 0.878 bits per heavy atom. The topological polar surface area (TPSA) is 118 Å². The zero-order valence-electron chi connectivity index (χ0n) is 25.1. The van der Waals surface area contributed by atoms with Gasteiger partial charge in [0, 0.05) is 40.3 Å². The van der Waals surface area contributed by atoms with Crippen LogP contribution >= 0.6 is 0 Å². The van der Waals surface area contributed by atoms with Crippen molar-refractivity contribution in [3.63, 3.8) is 0 Å². The van der Waals surface area contributed by atoms with Crippen LogP contribution in [0.2, 0.25) is 0 Å². The summed E-state index contributed by atoms with van der Waals surface area (Å²) in [6, 6.07) is 17.2. The third kappa shape index (κ3) is 7.06. The molecule has 1 saturated heterocycles. The number of nitrogens with two attached hydrogens (primary N) is 3. The highest BCUT2D eigenvalue weighted by molar-refractivity contribution is 6.14. The largest absolute Gasteiger partial charge is 0.402 e. The molecule has 1 aliphatic carbocycles. The van der Waals surface area contributed by atoms with Gasteiger partial charge < -0.3 is 22.1 Å². The van der Waals surface area contributed by atoms with E-state index in [0.29, 0.717) is 34.5 Å². The smallest absolute Gasteiger partial charge is 0.132 e. The fourth-order valence-corrected chi connectivity index (χ4v) is 5.99. The molecule has 2 aromatic carbocycles. The summed E-state index contributed by atoms with van der Waals surface area (Å²) in [6.07, 6.45) is 11.1. The molecule has 2 heterocycles. The Labute approximate surface area is 245 Å². The number of nitrogen functional groups attached to an aromatic ring is 1. The molecule has 7 N–H and O–H groups in total. The number of hydrogen-bond acceptors (Lipinski definition) is 6. The van der Waals surface area contributed by atoms with Crippen molar-refractivity contribution in [1.82, 2.24) is 9.88 Å². The number of allylic oxidation sites excluding steroid dienone is 3. The minimum absolute atomic E-state index is 0.341. The summed E-state index contributed by atoms with van der Waals surface area (Å²) in [5, 5.41) is 8.92. The van der Waals surface area contributed by atoms with Gasteiger partial charge in [0.1, 0.15) is 5.82 Å². The molecule has 2 aliphatic rings. The van der Waals surface area contributed by atoms with Gasteiger partial charge in [-0.25, -0.2) is 4.98 Å². The Morgan fingerprint density at radius 3 is 2.17 bits per heavy atom. The van der Waals surface area contributed by atoms with Crippen LogP contribution in [0.3, 0.4) is 0 Å². The van der Waals surface area contributed by atoms with Gasteiger partial charge in [0.05, 0.1) is 5.71 Å². The molecule has 41 heavy (non-hydrogen) atoms. The fraction of sp³-hybridized carbons (Fsp3) is 0.371. The highest BCUT2D eigenvalue weighted by Gasteiger charge is 2.24. The minimum Gasteiger partial charge on any atom is -0.402 e. The fourth-order valence-electron chi connectivity index (χ4n) is 5.99. The Balaban J connectivity index is 0.00000189. The molecular formula is C35H46N6. The van der Waals surface area contributed by atoms with E-state index in [0.717, 1.165) is 40.7 Å². The number of benzene rings is 2. The van der Waals surface area contributed by atoms with Gasteiger partial charge in [-0.1, -0.05) is 56.3 Å².